The maximum atomic E-state index is 10.2. The average molecular weight is 156 g/mol. The van der Waals surface area contributed by atoms with Gasteiger partial charge in [-0.1, -0.05) is 12.8 Å². The quantitative estimate of drug-likeness (QED) is 0.504. The van der Waals surface area contributed by atoms with E-state index in [1.165, 1.54) is 19.3 Å². The van der Waals surface area contributed by atoms with E-state index in [1.54, 1.807) is 0 Å². The van der Waals surface area contributed by atoms with Crippen molar-refractivity contribution in [3.05, 3.63) is 0 Å². The summed E-state index contributed by atoms with van der Waals surface area (Å²) >= 11 is 0. The highest BCUT2D eigenvalue weighted by Crippen LogP contribution is 2.36. The molecule has 3 N–H and O–H groups in total. The zero-order valence-electron chi connectivity index (χ0n) is 7.05. The van der Waals surface area contributed by atoms with E-state index < -0.39 is 0 Å². The molecule has 2 heteroatoms. The van der Waals surface area contributed by atoms with E-state index in [-0.39, 0.29) is 5.60 Å². The van der Waals surface area contributed by atoms with Crippen molar-refractivity contribution in [3.8, 4) is 0 Å². The van der Waals surface area contributed by atoms with Gasteiger partial charge in [-0.3, -0.25) is 0 Å². The minimum absolute atomic E-state index is 0.257. The first-order valence-electron chi connectivity index (χ1n) is 4.85. The van der Waals surface area contributed by atoms with Crippen molar-refractivity contribution in [2.75, 3.05) is 13.1 Å². The molecule has 1 aliphatic carbocycles. The van der Waals surface area contributed by atoms with Crippen LogP contribution in [0.5, 0.6) is 0 Å². The second kappa shape index (κ2) is 2.76. The van der Waals surface area contributed by atoms with Crippen LogP contribution >= 0.6 is 0 Å². The SMILES string of the molecule is O[C@]12CCCC[C@H]1C[NH2+]CC2. The first kappa shape index (κ1) is 7.56. The number of fused-ring (bicyclic) bond motifs is 1. The van der Waals surface area contributed by atoms with E-state index in [2.05, 4.69) is 5.32 Å². The lowest BCUT2D eigenvalue weighted by atomic mass is 9.72. The van der Waals surface area contributed by atoms with E-state index in [4.69, 9.17) is 0 Å². The Morgan fingerprint density at radius 2 is 2.18 bits per heavy atom. The summed E-state index contributed by atoms with van der Waals surface area (Å²) in [5, 5.41) is 12.5. The fraction of sp³-hybridized carbons (Fsp3) is 1.00. The number of aliphatic hydroxyl groups is 1. The predicted octanol–water partition coefficient (Wildman–Crippen LogP) is -0.125. The molecule has 0 bridgehead atoms. The van der Waals surface area contributed by atoms with E-state index >= 15 is 0 Å². The van der Waals surface area contributed by atoms with E-state index in [9.17, 15) is 5.11 Å². The minimum atomic E-state index is -0.257. The highest BCUT2D eigenvalue weighted by Gasteiger charge is 2.42. The molecule has 2 rings (SSSR count). The molecule has 2 aliphatic rings. The Morgan fingerprint density at radius 1 is 1.27 bits per heavy atom. The fourth-order valence-corrected chi connectivity index (χ4v) is 2.63. The van der Waals surface area contributed by atoms with Gasteiger partial charge < -0.3 is 10.4 Å². The van der Waals surface area contributed by atoms with Crippen LogP contribution < -0.4 is 5.32 Å². The van der Waals surface area contributed by atoms with E-state index in [1.807, 2.05) is 0 Å². The van der Waals surface area contributed by atoms with Gasteiger partial charge in [0.05, 0.1) is 18.7 Å². The zero-order chi connectivity index (χ0) is 7.73. The van der Waals surface area contributed by atoms with Gasteiger partial charge in [-0.2, -0.15) is 0 Å². The van der Waals surface area contributed by atoms with Crippen LogP contribution in [0, 0.1) is 5.92 Å². The Kier molecular flexibility index (Phi) is 1.90. The summed E-state index contributed by atoms with van der Waals surface area (Å²) in [6.07, 6.45) is 5.92. The maximum Gasteiger partial charge on any atom is 0.0811 e. The Morgan fingerprint density at radius 3 is 3.00 bits per heavy atom. The average Bonchev–Trinajstić information content (AvgIpc) is 2.03. The van der Waals surface area contributed by atoms with Crippen LogP contribution in [0.25, 0.3) is 0 Å². The number of hydrogen-bond donors (Lipinski definition) is 2. The maximum absolute atomic E-state index is 10.2. The highest BCUT2D eigenvalue weighted by molar-refractivity contribution is 4.90. The Bertz CT molecular complexity index is 134. The van der Waals surface area contributed by atoms with Crippen molar-refractivity contribution in [1.82, 2.24) is 0 Å². The van der Waals surface area contributed by atoms with Crippen LogP contribution in [0.1, 0.15) is 32.1 Å². The molecular weight excluding hydrogens is 138 g/mol. The summed E-state index contributed by atoms with van der Waals surface area (Å²) in [6, 6.07) is 0. The Balaban J connectivity index is 2.06. The standard InChI is InChI=1S/C9H17NO/c11-9-4-2-1-3-8(9)7-10-6-5-9/h8,10-11H,1-7H2/p+1/t8-,9-/m0/s1. The summed E-state index contributed by atoms with van der Waals surface area (Å²) in [4.78, 5) is 0. The van der Waals surface area contributed by atoms with Crippen LogP contribution in [0.2, 0.25) is 0 Å². The van der Waals surface area contributed by atoms with Gasteiger partial charge in [-0.25, -0.2) is 0 Å². The van der Waals surface area contributed by atoms with Gasteiger partial charge in [-0.15, -0.1) is 0 Å². The lowest BCUT2D eigenvalue weighted by molar-refractivity contribution is -0.676. The van der Waals surface area contributed by atoms with Crippen molar-refractivity contribution in [3.63, 3.8) is 0 Å². The molecule has 2 nitrogen and oxygen atoms in total. The van der Waals surface area contributed by atoms with E-state index in [0.717, 1.165) is 25.9 Å². The molecule has 64 valence electrons. The van der Waals surface area contributed by atoms with Gasteiger partial charge in [0.15, 0.2) is 0 Å². The highest BCUT2D eigenvalue weighted by atomic mass is 16.3. The van der Waals surface area contributed by atoms with Gasteiger partial charge >= 0.3 is 0 Å². The number of hydrogen-bond acceptors (Lipinski definition) is 1. The first-order chi connectivity index (χ1) is 5.31. The lowest BCUT2D eigenvalue weighted by Gasteiger charge is -2.41. The second-order valence-electron chi connectivity index (χ2n) is 4.11. The third kappa shape index (κ3) is 1.30. The van der Waals surface area contributed by atoms with Crippen LogP contribution in [0.4, 0.5) is 0 Å². The molecule has 0 unspecified atom stereocenters. The topological polar surface area (TPSA) is 36.8 Å². The van der Waals surface area contributed by atoms with Crippen LogP contribution in [-0.4, -0.2) is 23.8 Å². The van der Waals surface area contributed by atoms with Crippen LogP contribution in [-0.2, 0) is 0 Å². The molecule has 1 heterocycles. The zero-order valence-corrected chi connectivity index (χ0v) is 7.05. The lowest BCUT2D eigenvalue weighted by Crippen LogP contribution is -2.90. The summed E-state index contributed by atoms with van der Waals surface area (Å²) in [5.41, 5.74) is -0.257. The summed E-state index contributed by atoms with van der Waals surface area (Å²) in [5.74, 6) is 0.602. The molecule has 1 saturated heterocycles. The molecule has 2 fully saturated rings. The molecule has 2 atom stereocenters. The predicted molar refractivity (Wildman–Crippen MR) is 43.2 cm³/mol. The number of quaternary nitrogens is 1. The number of piperidine rings is 1. The van der Waals surface area contributed by atoms with Crippen molar-refractivity contribution < 1.29 is 10.4 Å². The van der Waals surface area contributed by atoms with Gasteiger partial charge in [0.2, 0.25) is 0 Å². The van der Waals surface area contributed by atoms with Gasteiger partial charge in [0, 0.05) is 12.3 Å². The van der Waals surface area contributed by atoms with Crippen LogP contribution in [0.3, 0.4) is 0 Å². The van der Waals surface area contributed by atoms with Crippen molar-refractivity contribution in [1.29, 1.82) is 0 Å². The molecule has 11 heavy (non-hydrogen) atoms. The largest absolute Gasteiger partial charge is 0.389 e. The minimum Gasteiger partial charge on any atom is -0.389 e. The normalized spacial score (nSPS) is 45.0. The van der Waals surface area contributed by atoms with Gasteiger partial charge in [0.1, 0.15) is 0 Å². The Labute approximate surface area is 68.0 Å². The smallest absolute Gasteiger partial charge is 0.0811 e. The number of nitrogens with two attached hydrogens (primary N) is 1. The monoisotopic (exact) mass is 156 g/mol. The molecule has 0 radical (unpaired) electrons. The number of rotatable bonds is 0. The molecular formula is C9H18NO+. The molecule has 0 amide bonds. The molecule has 1 aliphatic heterocycles. The van der Waals surface area contributed by atoms with Gasteiger partial charge in [0.25, 0.3) is 0 Å². The van der Waals surface area contributed by atoms with Crippen LogP contribution in [0.15, 0.2) is 0 Å². The summed E-state index contributed by atoms with van der Waals surface area (Å²) in [6.45, 7) is 2.30. The second-order valence-corrected chi connectivity index (χ2v) is 4.11. The van der Waals surface area contributed by atoms with Crippen molar-refractivity contribution in [2.24, 2.45) is 5.92 Å². The third-order valence-corrected chi connectivity index (χ3v) is 3.40. The molecule has 0 spiro atoms. The van der Waals surface area contributed by atoms with Crippen molar-refractivity contribution in [2.45, 2.75) is 37.7 Å². The molecule has 0 aromatic rings. The van der Waals surface area contributed by atoms with E-state index in [0.29, 0.717) is 5.92 Å². The molecule has 0 aromatic heterocycles. The summed E-state index contributed by atoms with van der Waals surface area (Å²) in [7, 11) is 0. The Hall–Kier alpha value is -0.0800. The third-order valence-electron chi connectivity index (χ3n) is 3.40. The van der Waals surface area contributed by atoms with Gasteiger partial charge in [-0.05, 0) is 12.8 Å². The molecule has 1 saturated carbocycles. The summed E-state index contributed by atoms with van der Waals surface area (Å²) < 4.78 is 0. The fourth-order valence-electron chi connectivity index (χ4n) is 2.63. The first-order valence-corrected chi connectivity index (χ1v) is 4.85. The molecule has 0 aromatic carbocycles. The van der Waals surface area contributed by atoms with Crippen molar-refractivity contribution >= 4 is 0 Å².